The summed E-state index contributed by atoms with van der Waals surface area (Å²) < 4.78 is 4.20. The molecule has 0 aliphatic carbocycles. The van der Waals surface area contributed by atoms with Crippen LogP contribution in [0.5, 0.6) is 0 Å². The quantitative estimate of drug-likeness (QED) is 0.609. The summed E-state index contributed by atoms with van der Waals surface area (Å²) in [6, 6.07) is 5.91. The maximum atomic E-state index is 12.6. The first-order valence-electron chi connectivity index (χ1n) is 7.11. The van der Waals surface area contributed by atoms with Gasteiger partial charge in [0.2, 0.25) is 0 Å². The van der Waals surface area contributed by atoms with E-state index in [0.29, 0.717) is 24.1 Å². The van der Waals surface area contributed by atoms with E-state index in [1.54, 1.807) is 22.1 Å². The maximum absolute atomic E-state index is 12.6. The van der Waals surface area contributed by atoms with Crippen molar-refractivity contribution in [1.82, 2.24) is 24.3 Å². The lowest BCUT2D eigenvalue weighted by molar-refractivity contribution is 0.271. The fourth-order valence-corrected chi connectivity index (χ4v) is 3.55. The Morgan fingerprint density at radius 2 is 2.22 bits per heavy atom. The van der Waals surface area contributed by atoms with Crippen molar-refractivity contribution in [2.45, 2.75) is 13.1 Å². The van der Waals surface area contributed by atoms with Crippen LogP contribution in [-0.2, 0) is 13.1 Å². The summed E-state index contributed by atoms with van der Waals surface area (Å²) in [5.41, 5.74) is 1.30. The molecule has 0 unspecified atom stereocenters. The average Bonchev–Trinajstić information content (AvgIpc) is 3.14. The van der Waals surface area contributed by atoms with E-state index < -0.39 is 0 Å². The van der Waals surface area contributed by atoms with Gasteiger partial charge in [-0.15, -0.1) is 11.3 Å². The van der Waals surface area contributed by atoms with E-state index in [1.807, 2.05) is 18.2 Å². The Bertz CT molecular complexity index is 1020. The van der Waals surface area contributed by atoms with Gasteiger partial charge in [0.25, 0.3) is 5.56 Å². The summed E-state index contributed by atoms with van der Waals surface area (Å²) >= 11 is 1.62. The molecule has 8 heteroatoms. The van der Waals surface area contributed by atoms with Crippen molar-refractivity contribution < 1.29 is 5.11 Å². The first-order valence-corrected chi connectivity index (χ1v) is 7.93. The number of nitrogens with zero attached hydrogens (tertiary/aromatic N) is 5. The molecule has 0 amide bonds. The Kier molecular flexibility index (Phi) is 3.40. The molecule has 7 nitrogen and oxygen atoms in total. The van der Waals surface area contributed by atoms with Crippen LogP contribution in [0.3, 0.4) is 0 Å². The molecular formula is C15H13N5O2S. The third-order valence-corrected chi connectivity index (χ3v) is 4.67. The smallest absolute Gasteiger partial charge is 0.264 e. The number of aliphatic hydroxyl groups is 1. The van der Waals surface area contributed by atoms with Gasteiger partial charge in [-0.25, -0.2) is 9.67 Å². The fraction of sp³-hybridized carbons (Fsp3) is 0.200. The minimum absolute atomic E-state index is 0.0453. The Balaban J connectivity index is 1.74. The highest BCUT2D eigenvalue weighted by Crippen LogP contribution is 2.23. The van der Waals surface area contributed by atoms with Crippen LogP contribution in [0.15, 0.2) is 41.7 Å². The molecule has 0 spiro atoms. The molecule has 0 aliphatic rings. The topological polar surface area (TPSA) is 85.8 Å². The molecule has 1 N–H and O–H groups in total. The van der Waals surface area contributed by atoms with Gasteiger partial charge in [-0.2, -0.15) is 5.10 Å². The van der Waals surface area contributed by atoms with Crippen molar-refractivity contribution >= 4 is 32.6 Å². The zero-order valence-electron chi connectivity index (χ0n) is 12.1. The Labute approximate surface area is 134 Å². The van der Waals surface area contributed by atoms with E-state index >= 15 is 0 Å². The van der Waals surface area contributed by atoms with Crippen LogP contribution in [0.1, 0.15) is 4.88 Å². The van der Waals surface area contributed by atoms with Gasteiger partial charge >= 0.3 is 0 Å². The second kappa shape index (κ2) is 5.56. The maximum Gasteiger partial charge on any atom is 0.264 e. The normalized spacial score (nSPS) is 11.5. The summed E-state index contributed by atoms with van der Waals surface area (Å²) in [6.07, 6.45) is 4.79. The van der Waals surface area contributed by atoms with Gasteiger partial charge in [0, 0.05) is 11.1 Å². The monoisotopic (exact) mass is 327 g/mol. The molecule has 0 radical (unpaired) electrons. The van der Waals surface area contributed by atoms with E-state index in [9.17, 15) is 4.79 Å². The number of aliphatic hydroxyl groups excluding tert-OH is 1. The zero-order chi connectivity index (χ0) is 15.8. The summed E-state index contributed by atoms with van der Waals surface area (Å²) in [6.45, 7) is 0.728. The SMILES string of the molecule is O=c1c2cnn(CCO)c2ncn1Cc1cc2ncccc2s1. The Morgan fingerprint density at radius 3 is 3.04 bits per heavy atom. The van der Waals surface area contributed by atoms with Gasteiger partial charge < -0.3 is 5.11 Å². The molecule has 4 aromatic rings. The van der Waals surface area contributed by atoms with Gasteiger partial charge in [0.15, 0.2) is 5.65 Å². The van der Waals surface area contributed by atoms with E-state index in [4.69, 9.17) is 5.11 Å². The summed E-state index contributed by atoms with van der Waals surface area (Å²) in [4.78, 5) is 22.2. The third kappa shape index (κ3) is 2.41. The zero-order valence-corrected chi connectivity index (χ0v) is 12.9. The lowest BCUT2D eigenvalue weighted by Gasteiger charge is -2.04. The average molecular weight is 327 g/mol. The summed E-state index contributed by atoms with van der Waals surface area (Å²) in [7, 11) is 0. The highest BCUT2D eigenvalue weighted by atomic mass is 32.1. The predicted molar refractivity (Wildman–Crippen MR) is 87.6 cm³/mol. The second-order valence-corrected chi connectivity index (χ2v) is 6.27. The van der Waals surface area contributed by atoms with Crippen LogP contribution in [0, 0.1) is 0 Å². The molecule has 4 heterocycles. The van der Waals surface area contributed by atoms with Crippen LogP contribution in [-0.4, -0.2) is 36.0 Å². The van der Waals surface area contributed by atoms with Gasteiger partial charge in [-0.3, -0.25) is 14.3 Å². The van der Waals surface area contributed by atoms with Crippen LogP contribution >= 0.6 is 11.3 Å². The van der Waals surface area contributed by atoms with Gasteiger partial charge in [-0.05, 0) is 18.2 Å². The van der Waals surface area contributed by atoms with Crippen molar-refractivity contribution in [3.05, 3.63) is 52.2 Å². The molecule has 23 heavy (non-hydrogen) atoms. The molecule has 0 saturated carbocycles. The molecule has 4 rings (SSSR count). The minimum atomic E-state index is -0.135. The highest BCUT2D eigenvalue weighted by Gasteiger charge is 2.11. The second-order valence-electron chi connectivity index (χ2n) is 5.11. The largest absolute Gasteiger partial charge is 0.394 e. The van der Waals surface area contributed by atoms with Gasteiger partial charge in [-0.1, -0.05) is 0 Å². The van der Waals surface area contributed by atoms with E-state index in [-0.39, 0.29) is 12.2 Å². The molecule has 0 aliphatic heterocycles. The fourth-order valence-electron chi connectivity index (χ4n) is 2.53. The number of hydrogen-bond donors (Lipinski definition) is 1. The van der Waals surface area contributed by atoms with E-state index in [1.165, 1.54) is 17.2 Å². The Morgan fingerprint density at radius 1 is 1.30 bits per heavy atom. The van der Waals surface area contributed by atoms with Crippen LogP contribution < -0.4 is 5.56 Å². The van der Waals surface area contributed by atoms with Crippen molar-refractivity contribution in [2.24, 2.45) is 0 Å². The third-order valence-electron chi connectivity index (χ3n) is 3.60. The molecule has 0 aromatic carbocycles. The molecule has 4 aromatic heterocycles. The summed E-state index contributed by atoms with van der Waals surface area (Å²) in [5.74, 6) is 0. The summed E-state index contributed by atoms with van der Waals surface area (Å²) in [5, 5.41) is 13.6. The number of rotatable bonds is 4. The van der Waals surface area contributed by atoms with Crippen LogP contribution in [0.2, 0.25) is 0 Å². The minimum Gasteiger partial charge on any atom is -0.394 e. The molecule has 0 bridgehead atoms. The first kappa shape index (κ1) is 14.0. The van der Waals surface area contributed by atoms with Gasteiger partial charge in [0.05, 0.1) is 36.1 Å². The van der Waals surface area contributed by atoms with Crippen LogP contribution in [0.25, 0.3) is 21.3 Å². The number of fused-ring (bicyclic) bond motifs is 2. The first-order chi connectivity index (χ1) is 11.3. The van der Waals surface area contributed by atoms with Gasteiger partial charge in [0.1, 0.15) is 11.7 Å². The number of pyridine rings is 1. The molecule has 0 fully saturated rings. The van der Waals surface area contributed by atoms with Crippen molar-refractivity contribution in [3.8, 4) is 0 Å². The molecule has 0 saturated heterocycles. The van der Waals surface area contributed by atoms with Crippen molar-refractivity contribution in [1.29, 1.82) is 0 Å². The van der Waals surface area contributed by atoms with Crippen molar-refractivity contribution in [3.63, 3.8) is 0 Å². The lowest BCUT2D eigenvalue weighted by Crippen LogP contribution is -2.21. The molecular weight excluding hydrogens is 314 g/mol. The van der Waals surface area contributed by atoms with E-state index in [0.717, 1.165) is 15.1 Å². The Hall–Kier alpha value is -2.58. The molecule has 0 atom stereocenters. The van der Waals surface area contributed by atoms with Crippen molar-refractivity contribution in [2.75, 3.05) is 6.61 Å². The number of aromatic nitrogens is 5. The van der Waals surface area contributed by atoms with Crippen LogP contribution in [0.4, 0.5) is 0 Å². The highest BCUT2D eigenvalue weighted by molar-refractivity contribution is 7.19. The standard InChI is InChI=1S/C15H13N5O2S/c21-5-4-20-14-11(7-18-20)15(22)19(9-17-14)8-10-6-12-13(23-10)2-1-3-16-12/h1-3,6-7,9,21H,4-5,8H2. The number of hydrogen-bond acceptors (Lipinski definition) is 6. The predicted octanol–water partition coefficient (Wildman–Crippen LogP) is 1.24. The lowest BCUT2D eigenvalue weighted by atomic mass is 10.3. The number of thiophene rings is 1. The van der Waals surface area contributed by atoms with E-state index in [2.05, 4.69) is 15.1 Å². The molecule has 116 valence electrons.